The molecule has 0 spiro atoms. The maximum Gasteiger partial charge on any atom is 0.317 e. The third kappa shape index (κ3) is 4.34. The van der Waals surface area contributed by atoms with Crippen molar-refractivity contribution in [2.24, 2.45) is 5.41 Å². The number of rotatable bonds is 5. The second-order valence-corrected chi connectivity index (χ2v) is 6.20. The number of hydrogen-bond acceptors (Lipinski definition) is 3. The van der Waals surface area contributed by atoms with Crippen LogP contribution >= 0.6 is 0 Å². The molecular formula is C14H25N3O4. The number of carbonyl (C=O) groups is 3. The molecule has 1 saturated carbocycles. The van der Waals surface area contributed by atoms with Crippen LogP contribution in [0.4, 0.5) is 4.79 Å². The Morgan fingerprint density at radius 3 is 2.52 bits per heavy atom. The Labute approximate surface area is 125 Å². The van der Waals surface area contributed by atoms with E-state index in [9.17, 15) is 19.5 Å². The molecule has 2 unspecified atom stereocenters. The molecule has 1 rings (SSSR count). The van der Waals surface area contributed by atoms with Crippen LogP contribution in [-0.2, 0) is 9.59 Å². The average molecular weight is 299 g/mol. The van der Waals surface area contributed by atoms with Crippen LogP contribution in [0.15, 0.2) is 0 Å². The van der Waals surface area contributed by atoms with E-state index in [0.29, 0.717) is 12.8 Å². The van der Waals surface area contributed by atoms with Gasteiger partial charge in [-0.15, -0.1) is 0 Å². The third-order valence-electron chi connectivity index (χ3n) is 3.92. The fraction of sp³-hybridized carbons (Fsp3) is 0.786. The van der Waals surface area contributed by atoms with Gasteiger partial charge < -0.3 is 20.6 Å². The highest BCUT2D eigenvalue weighted by atomic mass is 16.4. The standard InChI is InChI=1S/C14H25N3O4/c1-9(2)15-11(18)8-17(4)13(21)16-10-6-5-7-14(10,3)12(19)20/h9-10H,5-8H2,1-4H3,(H,15,18)(H,16,21)(H,19,20). The monoisotopic (exact) mass is 299 g/mol. The van der Waals surface area contributed by atoms with Crippen LogP contribution in [0, 0.1) is 5.41 Å². The number of amides is 3. The van der Waals surface area contributed by atoms with Gasteiger partial charge in [0.1, 0.15) is 6.54 Å². The highest BCUT2D eigenvalue weighted by Crippen LogP contribution is 2.38. The van der Waals surface area contributed by atoms with Gasteiger partial charge in [0.2, 0.25) is 5.91 Å². The van der Waals surface area contributed by atoms with E-state index in [2.05, 4.69) is 10.6 Å². The number of carbonyl (C=O) groups excluding carboxylic acids is 2. The van der Waals surface area contributed by atoms with Gasteiger partial charge in [0.25, 0.3) is 0 Å². The molecule has 0 bridgehead atoms. The Bertz CT molecular complexity index is 424. The van der Waals surface area contributed by atoms with Crippen molar-refractivity contribution in [3.63, 3.8) is 0 Å². The molecule has 1 aliphatic carbocycles. The number of carboxylic acid groups (broad SMARTS) is 1. The summed E-state index contributed by atoms with van der Waals surface area (Å²) < 4.78 is 0. The van der Waals surface area contributed by atoms with Gasteiger partial charge in [-0.3, -0.25) is 9.59 Å². The molecule has 0 heterocycles. The van der Waals surface area contributed by atoms with Gasteiger partial charge in [0, 0.05) is 19.1 Å². The quantitative estimate of drug-likeness (QED) is 0.699. The highest BCUT2D eigenvalue weighted by molar-refractivity contribution is 5.84. The average Bonchev–Trinajstić information content (AvgIpc) is 2.71. The summed E-state index contributed by atoms with van der Waals surface area (Å²) >= 11 is 0. The molecule has 1 fully saturated rings. The molecule has 0 aromatic heterocycles. The van der Waals surface area contributed by atoms with Crippen molar-refractivity contribution in [1.82, 2.24) is 15.5 Å². The lowest BCUT2D eigenvalue weighted by molar-refractivity contribution is -0.148. The zero-order valence-corrected chi connectivity index (χ0v) is 13.1. The van der Waals surface area contributed by atoms with Crippen LogP contribution in [0.3, 0.4) is 0 Å². The van der Waals surface area contributed by atoms with Gasteiger partial charge in [0.05, 0.1) is 5.41 Å². The Morgan fingerprint density at radius 1 is 1.38 bits per heavy atom. The van der Waals surface area contributed by atoms with Crippen molar-refractivity contribution in [3.05, 3.63) is 0 Å². The van der Waals surface area contributed by atoms with Gasteiger partial charge in [-0.2, -0.15) is 0 Å². The summed E-state index contributed by atoms with van der Waals surface area (Å²) in [6.45, 7) is 5.28. The van der Waals surface area contributed by atoms with Crippen molar-refractivity contribution in [2.75, 3.05) is 13.6 Å². The van der Waals surface area contributed by atoms with Crippen molar-refractivity contribution in [1.29, 1.82) is 0 Å². The van der Waals surface area contributed by atoms with Gasteiger partial charge in [0.15, 0.2) is 0 Å². The predicted molar refractivity (Wildman–Crippen MR) is 77.8 cm³/mol. The van der Waals surface area contributed by atoms with E-state index < -0.39 is 23.5 Å². The van der Waals surface area contributed by atoms with E-state index in [1.54, 1.807) is 6.92 Å². The van der Waals surface area contributed by atoms with Crippen molar-refractivity contribution in [3.8, 4) is 0 Å². The molecule has 3 amide bonds. The zero-order valence-electron chi connectivity index (χ0n) is 13.1. The molecule has 0 aromatic rings. The first kappa shape index (κ1) is 17.3. The Morgan fingerprint density at radius 2 is 2.00 bits per heavy atom. The Balaban J connectivity index is 2.56. The number of nitrogens with zero attached hydrogens (tertiary/aromatic N) is 1. The summed E-state index contributed by atoms with van der Waals surface area (Å²) in [6, 6.07) is -0.814. The van der Waals surface area contributed by atoms with Crippen LogP contribution in [0.2, 0.25) is 0 Å². The van der Waals surface area contributed by atoms with E-state index in [1.165, 1.54) is 11.9 Å². The lowest BCUT2D eigenvalue weighted by Gasteiger charge is -2.29. The summed E-state index contributed by atoms with van der Waals surface area (Å²) in [4.78, 5) is 36.3. The van der Waals surface area contributed by atoms with E-state index in [4.69, 9.17) is 0 Å². The second kappa shape index (κ2) is 6.78. The maximum absolute atomic E-state index is 12.1. The first-order chi connectivity index (χ1) is 9.66. The predicted octanol–water partition coefficient (Wildman–Crippen LogP) is 0.796. The molecule has 0 aromatic carbocycles. The molecule has 0 radical (unpaired) electrons. The first-order valence-electron chi connectivity index (χ1n) is 7.21. The van der Waals surface area contributed by atoms with E-state index in [1.807, 2.05) is 13.8 Å². The van der Waals surface area contributed by atoms with Crippen molar-refractivity contribution >= 4 is 17.9 Å². The zero-order chi connectivity index (χ0) is 16.2. The Hall–Kier alpha value is -1.79. The van der Waals surface area contributed by atoms with Crippen LogP contribution in [-0.4, -0.2) is 53.6 Å². The summed E-state index contributed by atoms with van der Waals surface area (Å²) in [5.41, 5.74) is -0.934. The van der Waals surface area contributed by atoms with Gasteiger partial charge in [-0.05, 0) is 33.6 Å². The molecule has 0 saturated heterocycles. The minimum Gasteiger partial charge on any atom is -0.481 e. The summed E-state index contributed by atoms with van der Waals surface area (Å²) in [5.74, 6) is -1.14. The minimum absolute atomic E-state index is 0.0131. The van der Waals surface area contributed by atoms with Gasteiger partial charge >= 0.3 is 12.0 Å². The molecule has 21 heavy (non-hydrogen) atoms. The normalized spacial score (nSPS) is 24.7. The summed E-state index contributed by atoms with van der Waals surface area (Å²) in [7, 11) is 1.52. The topological polar surface area (TPSA) is 98.7 Å². The fourth-order valence-electron chi connectivity index (χ4n) is 2.57. The Kier molecular flexibility index (Phi) is 5.57. The summed E-state index contributed by atoms with van der Waals surface area (Å²) in [6.07, 6.45) is 1.96. The van der Waals surface area contributed by atoms with E-state index in [0.717, 1.165) is 6.42 Å². The lowest BCUT2D eigenvalue weighted by Crippen LogP contribution is -2.52. The molecular weight excluding hydrogens is 274 g/mol. The van der Waals surface area contributed by atoms with Crippen LogP contribution in [0.25, 0.3) is 0 Å². The van der Waals surface area contributed by atoms with E-state index in [-0.39, 0.29) is 18.5 Å². The maximum atomic E-state index is 12.1. The molecule has 3 N–H and O–H groups in total. The van der Waals surface area contributed by atoms with Crippen LogP contribution < -0.4 is 10.6 Å². The minimum atomic E-state index is -0.934. The summed E-state index contributed by atoms with van der Waals surface area (Å²) in [5, 5.41) is 14.7. The molecule has 2 atom stereocenters. The number of likely N-dealkylation sites (N-methyl/N-ethyl adjacent to an activating group) is 1. The molecule has 120 valence electrons. The smallest absolute Gasteiger partial charge is 0.317 e. The number of carboxylic acids is 1. The largest absolute Gasteiger partial charge is 0.481 e. The van der Waals surface area contributed by atoms with E-state index >= 15 is 0 Å². The lowest BCUT2D eigenvalue weighted by atomic mass is 9.85. The highest BCUT2D eigenvalue weighted by Gasteiger charge is 2.46. The van der Waals surface area contributed by atoms with Crippen LogP contribution in [0.1, 0.15) is 40.0 Å². The van der Waals surface area contributed by atoms with Crippen molar-refractivity contribution < 1.29 is 19.5 Å². The molecule has 1 aliphatic rings. The number of nitrogens with one attached hydrogen (secondary N) is 2. The SMILES string of the molecule is CC(C)NC(=O)CN(C)C(=O)NC1CCCC1(C)C(=O)O. The van der Waals surface area contributed by atoms with Crippen molar-refractivity contribution in [2.45, 2.75) is 52.1 Å². The molecule has 7 heteroatoms. The first-order valence-corrected chi connectivity index (χ1v) is 7.21. The van der Waals surface area contributed by atoms with Crippen LogP contribution in [0.5, 0.6) is 0 Å². The van der Waals surface area contributed by atoms with Gasteiger partial charge in [-0.25, -0.2) is 4.79 Å². The molecule has 7 nitrogen and oxygen atoms in total. The second-order valence-electron chi connectivity index (χ2n) is 6.20. The molecule has 0 aliphatic heterocycles. The number of hydrogen-bond donors (Lipinski definition) is 3. The fourth-order valence-corrected chi connectivity index (χ4v) is 2.57. The number of urea groups is 1. The van der Waals surface area contributed by atoms with Gasteiger partial charge in [-0.1, -0.05) is 6.42 Å². The third-order valence-corrected chi connectivity index (χ3v) is 3.92. The number of aliphatic carboxylic acids is 1.